The summed E-state index contributed by atoms with van der Waals surface area (Å²) in [5.74, 6) is 0.407. The lowest BCUT2D eigenvalue weighted by Crippen LogP contribution is -1.70. The number of rotatable bonds is 1. The molecule has 0 saturated heterocycles. The van der Waals surface area contributed by atoms with Crippen LogP contribution in [0, 0.1) is 0 Å². The van der Waals surface area contributed by atoms with Gasteiger partial charge >= 0.3 is 0 Å². The summed E-state index contributed by atoms with van der Waals surface area (Å²) in [7, 11) is 0. The lowest BCUT2D eigenvalue weighted by molar-refractivity contribution is 0.485. The molecule has 0 atom stereocenters. The predicted octanol–water partition coefficient (Wildman–Crippen LogP) is 5.49. The zero-order valence-electron chi connectivity index (χ0n) is 9.96. The molecule has 3 heteroatoms. The smallest absolute Gasteiger partial charge is 0.142 e. The maximum atomic E-state index is 10.4. The summed E-state index contributed by atoms with van der Waals surface area (Å²) < 4.78 is 2.39. The monoisotopic (exact) mass is 282 g/mol. The second kappa shape index (κ2) is 4.08. The minimum atomic E-state index is 0.407. The van der Waals surface area contributed by atoms with Gasteiger partial charge in [0.15, 0.2) is 0 Å². The molecule has 0 fully saturated rings. The van der Waals surface area contributed by atoms with Gasteiger partial charge in [-0.25, -0.2) is 0 Å². The summed E-state index contributed by atoms with van der Waals surface area (Å²) in [6.07, 6.45) is 0. The van der Waals surface area contributed by atoms with Crippen molar-refractivity contribution in [1.82, 2.24) is 0 Å². The Balaban J connectivity index is 2.07. The first-order chi connectivity index (χ1) is 9.34. The van der Waals surface area contributed by atoms with Crippen molar-refractivity contribution in [1.29, 1.82) is 0 Å². The average molecular weight is 282 g/mol. The zero-order chi connectivity index (χ0) is 12.8. The fraction of sp³-hybridized carbons (Fsp3) is 0. The van der Waals surface area contributed by atoms with Crippen LogP contribution in [0.4, 0.5) is 0 Å². The third-order valence-corrected chi connectivity index (χ3v) is 5.45. The van der Waals surface area contributed by atoms with E-state index in [-0.39, 0.29) is 0 Å². The average Bonchev–Trinajstić information content (AvgIpc) is 3.01. The summed E-state index contributed by atoms with van der Waals surface area (Å²) in [5, 5.41) is 14.7. The Hall–Kier alpha value is -1.84. The van der Waals surface area contributed by atoms with E-state index < -0.39 is 0 Å². The van der Waals surface area contributed by atoms with Crippen LogP contribution in [-0.4, -0.2) is 5.11 Å². The van der Waals surface area contributed by atoms with Gasteiger partial charge in [0.1, 0.15) is 5.75 Å². The number of fused-ring (bicyclic) bond motifs is 2. The predicted molar refractivity (Wildman–Crippen MR) is 84.3 cm³/mol. The SMILES string of the molecule is Oc1c(-c2csc3ccccc23)sc2ccccc12. The molecule has 0 spiro atoms. The minimum absolute atomic E-state index is 0.407. The summed E-state index contributed by atoms with van der Waals surface area (Å²) in [6.45, 7) is 0. The highest BCUT2D eigenvalue weighted by molar-refractivity contribution is 7.23. The number of hydrogen-bond donors (Lipinski definition) is 1. The Bertz CT molecular complexity index is 886. The first-order valence-corrected chi connectivity index (χ1v) is 7.71. The molecule has 0 saturated carbocycles. The van der Waals surface area contributed by atoms with Gasteiger partial charge in [0.25, 0.3) is 0 Å². The molecule has 1 N–H and O–H groups in total. The van der Waals surface area contributed by atoms with Crippen molar-refractivity contribution in [2.24, 2.45) is 0 Å². The standard InChI is InChI=1S/C16H10OS2/c17-15-11-6-2-4-8-14(11)19-16(15)12-9-18-13-7-3-1-5-10(12)13/h1-9,17H. The van der Waals surface area contributed by atoms with Crippen molar-refractivity contribution in [3.63, 3.8) is 0 Å². The summed E-state index contributed by atoms with van der Waals surface area (Å²) in [6, 6.07) is 16.3. The van der Waals surface area contributed by atoms with Crippen LogP contribution in [0.25, 0.3) is 30.6 Å². The van der Waals surface area contributed by atoms with Crippen LogP contribution in [0.15, 0.2) is 53.9 Å². The summed E-state index contributed by atoms with van der Waals surface area (Å²) in [5.41, 5.74) is 1.14. The molecule has 0 aliphatic carbocycles. The van der Waals surface area contributed by atoms with Gasteiger partial charge in [0.05, 0.1) is 4.88 Å². The highest BCUT2D eigenvalue weighted by Crippen LogP contribution is 2.46. The molecule has 0 amide bonds. The molecule has 0 aliphatic rings. The fourth-order valence-corrected chi connectivity index (χ4v) is 4.52. The van der Waals surface area contributed by atoms with Gasteiger partial charge in [-0.1, -0.05) is 30.3 Å². The Kier molecular flexibility index (Phi) is 2.37. The van der Waals surface area contributed by atoms with Crippen LogP contribution in [0.1, 0.15) is 0 Å². The van der Waals surface area contributed by atoms with E-state index in [0.29, 0.717) is 5.75 Å². The van der Waals surface area contributed by atoms with E-state index in [1.54, 1.807) is 22.7 Å². The molecular formula is C16H10OS2. The topological polar surface area (TPSA) is 20.2 Å². The first kappa shape index (κ1) is 11.0. The normalized spacial score (nSPS) is 11.4. The van der Waals surface area contributed by atoms with Gasteiger partial charge in [-0.3, -0.25) is 0 Å². The van der Waals surface area contributed by atoms with Gasteiger partial charge in [-0.05, 0) is 18.2 Å². The van der Waals surface area contributed by atoms with Gasteiger partial charge in [-0.15, -0.1) is 22.7 Å². The van der Waals surface area contributed by atoms with Gasteiger partial charge < -0.3 is 5.11 Å². The number of thiophene rings is 2. The van der Waals surface area contributed by atoms with Crippen LogP contribution >= 0.6 is 22.7 Å². The zero-order valence-corrected chi connectivity index (χ0v) is 11.6. The molecule has 4 aromatic rings. The molecular weight excluding hydrogens is 272 g/mol. The number of hydrogen-bond acceptors (Lipinski definition) is 3. The van der Waals surface area contributed by atoms with E-state index >= 15 is 0 Å². The van der Waals surface area contributed by atoms with Crippen LogP contribution in [0.3, 0.4) is 0 Å². The molecule has 2 aromatic carbocycles. The fourth-order valence-electron chi connectivity index (χ4n) is 2.37. The molecule has 0 bridgehead atoms. The molecule has 2 aromatic heterocycles. The highest BCUT2D eigenvalue weighted by atomic mass is 32.1. The first-order valence-electron chi connectivity index (χ1n) is 6.02. The lowest BCUT2D eigenvalue weighted by Gasteiger charge is -1.97. The van der Waals surface area contributed by atoms with Crippen molar-refractivity contribution in [3.05, 3.63) is 53.9 Å². The van der Waals surface area contributed by atoms with Crippen LogP contribution in [0.5, 0.6) is 5.75 Å². The van der Waals surface area contributed by atoms with Crippen molar-refractivity contribution >= 4 is 42.8 Å². The maximum absolute atomic E-state index is 10.4. The second-order valence-electron chi connectivity index (χ2n) is 4.42. The third kappa shape index (κ3) is 1.59. The molecule has 19 heavy (non-hydrogen) atoms. The Morgan fingerprint density at radius 2 is 1.47 bits per heavy atom. The third-order valence-electron chi connectivity index (χ3n) is 3.29. The lowest BCUT2D eigenvalue weighted by atomic mass is 10.1. The Morgan fingerprint density at radius 3 is 2.26 bits per heavy atom. The molecule has 0 aliphatic heterocycles. The molecule has 0 unspecified atom stereocenters. The molecule has 92 valence electrons. The van der Waals surface area contributed by atoms with Gasteiger partial charge in [0, 0.05) is 31.1 Å². The quantitative estimate of drug-likeness (QED) is 0.489. The van der Waals surface area contributed by atoms with E-state index in [1.807, 2.05) is 30.3 Å². The second-order valence-corrected chi connectivity index (χ2v) is 6.38. The Morgan fingerprint density at radius 1 is 0.789 bits per heavy atom. The van der Waals surface area contributed by atoms with Crippen molar-refractivity contribution < 1.29 is 5.11 Å². The van der Waals surface area contributed by atoms with Crippen molar-refractivity contribution in [3.8, 4) is 16.2 Å². The molecule has 1 nitrogen and oxygen atoms in total. The van der Waals surface area contributed by atoms with Crippen molar-refractivity contribution in [2.45, 2.75) is 0 Å². The van der Waals surface area contributed by atoms with E-state index in [0.717, 1.165) is 20.5 Å². The largest absolute Gasteiger partial charge is 0.506 e. The molecule has 0 radical (unpaired) electrons. The van der Waals surface area contributed by atoms with E-state index in [4.69, 9.17) is 0 Å². The molecule has 4 rings (SSSR count). The van der Waals surface area contributed by atoms with Gasteiger partial charge in [0.2, 0.25) is 0 Å². The highest BCUT2D eigenvalue weighted by Gasteiger charge is 2.15. The van der Waals surface area contributed by atoms with E-state index in [2.05, 4.69) is 23.6 Å². The minimum Gasteiger partial charge on any atom is -0.506 e. The maximum Gasteiger partial charge on any atom is 0.142 e. The number of benzene rings is 2. The van der Waals surface area contributed by atoms with Crippen molar-refractivity contribution in [2.75, 3.05) is 0 Å². The van der Waals surface area contributed by atoms with E-state index in [1.165, 1.54) is 10.1 Å². The van der Waals surface area contributed by atoms with E-state index in [9.17, 15) is 5.11 Å². The van der Waals surface area contributed by atoms with Crippen LogP contribution < -0.4 is 0 Å². The Labute approximate surface area is 118 Å². The van der Waals surface area contributed by atoms with Crippen LogP contribution in [-0.2, 0) is 0 Å². The summed E-state index contributed by atoms with van der Waals surface area (Å²) in [4.78, 5) is 0.971. The summed E-state index contributed by atoms with van der Waals surface area (Å²) >= 11 is 3.38. The number of aromatic hydroxyl groups is 1. The van der Waals surface area contributed by atoms with Gasteiger partial charge in [-0.2, -0.15) is 0 Å². The van der Waals surface area contributed by atoms with Crippen LogP contribution in [0.2, 0.25) is 0 Å². The molecule has 2 heterocycles.